The highest BCUT2D eigenvalue weighted by Gasteiger charge is 2.14. The molecule has 1 atom stereocenters. The van der Waals surface area contributed by atoms with Gasteiger partial charge in [0.1, 0.15) is 17.4 Å². The zero-order valence-corrected chi connectivity index (χ0v) is 14.3. The Bertz CT molecular complexity index is 708. The topological polar surface area (TPSA) is 62.5 Å². The molecule has 0 spiro atoms. The predicted octanol–water partition coefficient (Wildman–Crippen LogP) is 3.04. The lowest BCUT2D eigenvalue weighted by molar-refractivity contribution is 0.392. The van der Waals surface area contributed by atoms with Crippen LogP contribution in [0.3, 0.4) is 0 Å². The van der Waals surface area contributed by atoms with Gasteiger partial charge in [-0.1, -0.05) is 11.2 Å². The van der Waals surface area contributed by atoms with E-state index in [1.807, 2.05) is 13.8 Å². The van der Waals surface area contributed by atoms with Crippen molar-refractivity contribution >= 4 is 5.96 Å². The van der Waals surface area contributed by atoms with Crippen LogP contribution in [-0.4, -0.2) is 24.7 Å². The molecule has 0 amide bonds. The van der Waals surface area contributed by atoms with Crippen molar-refractivity contribution in [2.75, 3.05) is 13.6 Å². The summed E-state index contributed by atoms with van der Waals surface area (Å²) in [6.45, 7) is 6.19. The van der Waals surface area contributed by atoms with Gasteiger partial charge < -0.3 is 15.2 Å². The number of nitrogens with one attached hydrogen (secondary N) is 2. The Labute approximate surface area is 140 Å². The monoisotopic (exact) mass is 336 g/mol. The molecular formula is C17H22F2N4O. The lowest BCUT2D eigenvalue weighted by Gasteiger charge is -2.18. The molecule has 1 aromatic carbocycles. The van der Waals surface area contributed by atoms with E-state index < -0.39 is 11.6 Å². The van der Waals surface area contributed by atoms with Crippen LogP contribution in [0, 0.1) is 25.5 Å². The van der Waals surface area contributed by atoms with Gasteiger partial charge in [-0.05, 0) is 33.3 Å². The minimum Gasteiger partial charge on any atom is -0.361 e. The van der Waals surface area contributed by atoms with Crippen molar-refractivity contribution in [3.63, 3.8) is 0 Å². The molecule has 0 saturated heterocycles. The number of aliphatic imine (C=N–C) groups is 1. The average Bonchev–Trinajstić information content (AvgIpc) is 2.85. The highest BCUT2D eigenvalue weighted by Crippen LogP contribution is 2.17. The van der Waals surface area contributed by atoms with Gasteiger partial charge in [0.25, 0.3) is 0 Å². The SMILES string of the molecule is CN=C(NCCc1c(C)noc1C)NC(C)c1ccc(F)cc1F. The van der Waals surface area contributed by atoms with Crippen molar-refractivity contribution in [1.29, 1.82) is 0 Å². The van der Waals surface area contributed by atoms with Gasteiger partial charge in [-0.3, -0.25) is 4.99 Å². The molecule has 7 heteroatoms. The smallest absolute Gasteiger partial charge is 0.191 e. The minimum absolute atomic E-state index is 0.351. The standard InChI is InChI=1S/C17H22F2N4O/c1-10(15-6-5-13(18)9-16(15)19)22-17(20-4)21-8-7-14-11(2)23-24-12(14)3/h5-6,9-10H,7-8H2,1-4H3,(H2,20,21,22). The van der Waals surface area contributed by atoms with Crippen LogP contribution in [0.1, 0.15) is 35.5 Å². The van der Waals surface area contributed by atoms with E-state index in [4.69, 9.17) is 4.52 Å². The highest BCUT2D eigenvalue weighted by atomic mass is 19.1. The molecule has 0 fully saturated rings. The van der Waals surface area contributed by atoms with Crippen molar-refractivity contribution < 1.29 is 13.3 Å². The maximum Gasteiger partial charge on any atom is 0.191 e. The molecule has 1 aromatic heterocycles. The molecule has 1 unspecified atom stereocenters. The third kappa shape index (κ3) is 4.31. The number of halogens is 2. The fourth-order valence-electron chi connectivity index (χ4n) is 2.49. The number of aryl methyl sites for hydroxylation is 2. The molecule has 0 aliphatic carbocycles. The first-order chi connectivity index (χ1) is 11.4. The summed E-state index contributed by atoms with van der Waals surface area (Å²) in [5.74, 6) is 0.170. The van der Waals surface area contributed by atoms with Crippen LogP contribution >= 0.6 is 0 Å². The summed E-state index contributed by atoms with van der Waals surface area (Å²) < 4.78 is 31.9. The number of nitrogens with zero attached hydrogens (tertiary/aromatic N) is 2. The molecule has 5 nitrogen and oxygen atoms in total. The van der Waals surface area contributed by atoms with Gasteiger partial charge in [0.15, 0.2) is 5.96 Å². The molecule has 0 saturated carbocycles. The van der Waals surface area contributed by atoms with Crippen molar-refractivity contribution in [2.24, 2.45) is 4.99 Å². The van der Waals surface area contributed by atoms with Crippen LogP contribution in [0.2, 0.25) is 0 Å². The summed E-state index contributed by atoms with van der Waals surface area (Å²) in [5.41, 5.74) is 2.32. The molecule has 0 radical (unpaired) electrons. The maximum absolute atomic E-state index is 13.8. The molecule has 0 bridgehead atoms. The second-order valence-corrected chi connectivity index (χ2v) is 5.58. The molecule has 2 rings (SSSR count). The Hall–Kier alpha value is -2.44. The normalized spacial score (nSPS) is 13.0. The predicted molar refractivity (Wildman–Crippen MR) is 89.0 cm³/mol. The van der Waals surface area contributed by atoms with E-state index in [2.05, 4.69) is 20.8 Å². The van der Waals surface area contributed by atoms with E-state index in [9.17, 15) is 8.78 Å². The van der Waals surface area contributed by atoms with Crippen LogP contribution in [0.5, 0.6) is 0 Å². The number of hydrogen-bond acceptors (Lipinski definition) is 3. The largest absolute Gasteiger partial charge is 0.361 e. The Balaban J connectivity index is 1.92. The van der Waals surface area contributed by atoms with E-state index in [-0.39, 0.29) is 6.04 Å². The summed E-state index contributed by atoms with van der Waals surface area (Å²) in [6, 6.07) is 3.20. The van der Waals surface area contributed by atoms with E-state index in [1.165, 1.54) is 12.1 Å². The molecule has 24 heavy (non-hydrogen) atoms. The first-order valence-corrected chi connectivity index (χ1v) is 7.76. The van der Waals surface area contributed by atoms with E-state index in [0.29, 0.717) is 18.1 Å². The van der Waals surface area contributed by atoms with Gasteiger partial charge in [0.2, 0.25) is 0 Å². The van der Waals surface area contributed by atoms with Gasteiger partial charge in [-0.15, -0.1) is 0 Å². The second-order valence-electron chi connectivity index (χ2n) is 5.58. The minimum atomic E-state index is -0.592. The zero-order valence-electron chi connectivity index (χ0n) is 14.3. The third-order valence-corrected chi connectivity index (χ3v) is 3.85. The van der Waals surface area contributed by atoms with E-state index in [0.717, 1.165) is 29.5 Å². The van der Waals surface area contributed by atoms with Crippen LogP contribution in [0.4, 0.5) is 8.78 Å². The molecule has 0 aliphatic rings. The quantitative estimate of drug-likeness (QED) is 0.651. The zero-order chi connectivity index (χ0) is 17.7. The number of aromatic nitrogens is 1. The van der Waals surface area contributed by atoms with Crippen molar-refractivity contribution in [3.8, 4) is 0 Å². The third-order valence-electron chi connectivity index (χ3n) is 3.85. The molecule has 0 aliphatic heterocycles. The van der Waals surface area contributed by atoms with Crippen LogP contribution in [0.25, 0.3) is 0 Å². The van der Waals surface area contributed by atoms with Gasteiger partial charge in [-0.25, -0.2) is 8.78 Å². The first-order valence-electron chi connectivity index (χ1n) is 7.76. The summed E-state index contributed by atoms with van der Waals surface area (Å²) in [6.07, 6.45) is 0.737. The average molecular weight is 336 g/mol. The number of guanidine groups is 1. The van der Waals surface area contributed by atoms with Gasteiger partial charge in [0, 0.05) is 30.8 Å². The Morgan fingerprint density at radius 3 is 2.67 bits per heavy atom. The number of benzene rings is 1. The van der Waals surface area contributed by atoms with Crippen molar-refractivity contribution in [2.45, 2.75) is 33.2 Å². The maximum atomic E-state index is 13.8. The highest BCUT2D eigenvalue weighted by molar-refractivity contribution is 5.80. The molecule has 2 N–H and O–H groups in total. The fraction of sp³-hybridized carbons (Fsp3) is 0.412. The van der Waals surface area contributed by atoms with Crippen LogP contribution in [-0.2, 0) is 6.42 Å². The van der Waals surface area contributed by atoms with Crippen molar-refractivity contribution in [3.05, 3.63) is 52.4 Å². The summed E-state index contributed by atoms with van der Waals surface area (Å²) >= 11 is 0. The van der Waals surface area contributed by atoms with Crippen LogP contribution in [0.15, 0.2) is 27.7 Å². The Morgan fingerprint density at radius 2 is 2.08 bits per heavy atom. The van der Waals surface area contributed by atoms with Gasteiger partial charge >= 0.3 is 0 Å². The molecule has 130 valence electrons. The molecular weight excluding hydrogens is 314 g/mol. The summed E-state index contributed by atoms with van der Waals surface area (Å²) in [5, 5.41) is 10.2. The first kappa shape index (κ1) is 17.9. The fourth-order valence-corrected chi connectivity index (χ4v) is 2.49. The van der Waals surface area contributed by atoms with Crippen LogP contribution < -0.4 is 10.6 Å². The molecule has 1 heterocycles. The van der Waals surface area contributed by atoms with Gasteiger partial charge in [-0.2, -0.15) is 0 Å². The van der Waals surface area contributed by atoms with Gasteiger partial charge in [0.05, 0.1) is 11.7 Å². The lowest BCUT2D eigenvalue weighted by atomic mass is 10.1. The lowest BCUT2D eigenvalue weighted by Crippen LogP contribution is -2.39. The number of rotatable bonds is 5. The van der Waals surface area contributed by atoms with E-state index in [1.54, 1.807) is 14.0 Å². The number of hydrogen-bond donors (Lipinski definition) is 2. The second kappa shape index (κ2) is 7.90. The Kier molecular flexibility index (Phi) is 5.89. The summed E-state index contributed by atoms with van der Waals surface area (Å²) in [4.78, 5) is 4.12. The van der Waals surface area contributed by atoms with E-state index >= 15 is 0 Å². The summed E-state index contributed by atoms with van der Waals surface area (Å²) in [7, 11) is 1.64. The molecule has 2 aromatic rings. The Morgan fingerprint density at radius 1 is 1.33 bits per heavy atom. The van der Waals surface area contributed by atoms with Crippen molar-refractivity contribution in [1.82, 2.24) is 15.8 Å².